The smallest absolute Gasteiger partial charge is 0.227 e. The van der Waals surface area contributed by atoms with E-state index in [4.69, 9.17) is 4.52 Å². The first kappa shape index (κ1) is 22.5. The summed E-state index contributed by atoms with van der Waals surface area (Å²) in [5.41, 5.74) is 3.15. The fourth-order valence-electron chi connectivity index (χ4n) is 4.96. The molecule has 0 N–H and O–H groups in total. The van der Waals surface area contributed by atoms with Crippen molar-refractivity contribution in [3.8, 4) is 11.4 Å². The summed E-state index contributed by atoms with van der Waals surface area (Å²) in [6.07, 6.45) is 4.08. The molecule has 0 radical (unpaired) electrons. The first-order valence-electron chi connectivity index (χ1n) is 12.2. The molecule has 0 aliphatic carbocycles. The normalized spacial score (nSPS) is 15.1. The van der Waals surface area contributed by atoms with Crippen LogP contribution in [0.5, 0.6) is 0 Å². The summed E-state index contributed by atoms with van der Waals surface area (Å²) < 4.78 is 19.4. The molecule has 1 saturated heterocycles. The zero-order valence-electron chi connectivity index (χ0n) is 19.3. The Kier molecular flexibility index (Phi) is 7.10. The Hall–Kier alpha value is -3.31. The van der Waals surface area contributed by atoms with Crippen molar-refractivity contribution >= 4 is 0 Å². The Morgan fingerprint density at radius 2 is 1.47 bits per heavy atom. The highest BCUT2D eigenvalue weighted by Gasteiger charge is 2.23. The van der Waals surface area contributed by atoms with Gasteiger partial charge < -0.3 is 9.42 Å². The third-order valence-electron chi connectivity index (χ3n) is 6.89. The zero-order chi connectivity index (χ0) is 23.2. The van der Waals surface area contributed by atoms with Gasteiger partial charge >= 0.3 is 0 Å². The summed E-state index contributed by atoms with van der Waals surface area (Å²) in [6.45, 7) is 3.24. The van der Waals surface area contributed by atoms with Crippen LogP contribution in [0.3, 0.4) is 0 Å². The SMILES string of the molecule is Fc1ccccc1-c1noc(CC2CCN(CCC(c3ccccc3)c3ccccc3)CC2)n1. The Bertz CT molecular complexity index is 1130. The van der Waals surface area contributed by atoms with Gasteiger partial charge in [-0.25, -0.2) is 4.39 Å². The number of benzene rings is 3. The average Bonchev–Trinajstić information content (AvgIpc) is 3.35. The van der Waals surface area contributed by atoms with Crippen LogP contribution in [0.1, 0.15) is 42.2 Å². The molecular formula is C29H30FN3O. The maximum Gasteiger partial charge on any atom is 0.227 e. The number of likely N-dealkylation sites (tertiary alicyclic amines) is 1. The van der Waals surface area contributed by atoms with Crippen molar-refractivity contribution in [1.29, 1.82) is 0 Å². The van der Waals surface area contributed by atoms with Crippen molar-refractivity contribution in [3.63, 3.8) is 0 Å². The Labute approximate surface area is 200 Å². The summed E-state index contributed by atoms with van der Waals surface area (Å²) >= 11 is 0. The standard InChI is InChI=1S/C29H30FN3O/c30-27-14-8-7-13-26(27)29-31-28(34-32-29)21-22-15-18-33(19-16-22)20-17-25(23-9-3-1-4-10-23)24-11-5-2-6-12-24/h1-14,22,25H,15-21H2. The minimum absolute atomic E-state index is 0.326. The van der Waals surface area contributed by atoms with Crippen LogP contribution in [-0.4, -0.2) is 34.7 Å². The number of hydrogen-bond acceptors (Lipinski definition) is 4. The van der Waals surface area contributed by atoms with Crippen molar-refractivity contribution in [3.05, 3.63) is 108 Å². The highest BCUT2D eigenvalue weighted by molar-refractivity contribution is 5.54. The predicted molar refractivity (Wildman–Crippen MR) is 132 cm³/mol. The molecule has 3 aromatic carbocycles. The van der Waals surface area contributed by atoms with Crippen LogP contribution in [0.15, 0.2) is 89.5 Å². The number of piperidine rings is 1. The third kappa shape index (κ3) is 5.42. The molecule has 4 aromatic rings. The van der Waals surface area contributed by atoms with Crippen molar-refractivity contribution in [2.45, 2.75) is 31.6 Å². The van der Waals surface area contributed by atoms with Crippen LogP contribution in [0.2, 0.25) is 0 Å². The molecule has 2 heterocycles. The van der Waals surface area contributed by atoms with Crippen LogP contribution in [0.25, 0.3) is 11.4 Å². The molecule has 0 amide bonds. The van der Waals surface area contributed by atoms with E-state index in [1.54, 1.807) is 18.2 Å². The molecule has 5 rings (SSSR count). The largest absolute Gasteiger partial charge is 0.339 e. The molecule has 1 aromatic heterocycles. The maximum absolute atomic E-state index is 14.0. The van der Waals surface area contributed by atoms with E-state index in [9.17, 15) is 4.39 Å². The molecule has 1 fully saturated rings. The lowest BCUT2D eigenvalue weighted by Gasteiger charge is -2.32. The molecule has 0 spiro atoms. The molecule has 174 valence electrons. The van der Waals surface area contributed by atoms with E-state index < -0.39 is 0 Å². The number of nitrogens with zero attached hydrogens (tertiary/aromatic N) is 3. The first-order chi connectivity index (χ1) is 16.8. The third-order valence-corrected chi connectivity index (χ3v) is 6.89. The highest BCUT2D eigenvalue weighted by Crippen LogP contribution is 2.29. The Morgan fingerprint density at radius 1 is 0.853 bits per heavy atom. The molecule has 0 bridgehead atoms. The van der Waals surface area contributed by atoms with E-state index in [1.165, 1.54) is 17.2 Å². The number of rotatable bonds is 8. The fraction of sp³-hybridized carbons (Fsp3) is 0.310. The van der Waals surface area contributed by atoms with Gasteiger partial charge in [0.15, 0.2) is 0 Å². The Morgan fingerprint density at radius 3 is 2.12 bits per heavy atom. The average molecular weight is 456 g/mol. The second-order valence-corrected chi connectivity index (χ2v) is 9.14. The van der Waals surface area contributed by atoms with Gasteiger partial charge in [-0.3, -0.25) is 0 Å². The van der Waals surface area contributed by atoms with Crippen LogP contribution < -0.4 is 0 Å². The van der Waals surface area contributed by atoms with Gasteiger partial charge in [0.1, 0.15) is 5.82 Å². The van der Waals surface area contributed by atoms with Gasteiger partial charge in [0.2, 0.25) is 11.7 Å². The molecule has 5 heteroatoms. The summed E-state index contributed by atoms with van der Waals surface area (Å²) in [4.78, 5) is 7.03. The maximum atomic E-state index is 14.0. The minimum Gasteiger partial charge on any atom is -0.339 e. The van der Waals surface area contributed by atoms with E-state index >= 15 is 0 Å². The van der Waals surface area contributed by atoms with Crippen LogP contribution >= 0.6 is 0 Å². The monoisotopic (exact) mass is 455 g/mol. The second-order valence-electron chi connectivity index (χ2n) is 9.14. The Balaban J connectivity index is 1.15. The van der Waals surface area contributed by atoms with Crippen LogP contribution in [-0.2, 0) is 6.42 Å². The van der Waals surface area contributed by atoms with Gasteiger partial charge in [-0.05, 0) is 68.1 Å². The highest BCUT2D eigenvalue weighted by atomic mass is 19.1. The second kappa shape index (κ2) is 10.7. The number of hydrogen-bond donors (Lipinski definition) is 0. The summed E-state index contributed by atoms with van der Waals surface area (Å²) in [5.74, 6) is 1.54. The van der Waals surface area contributed by atoms with Gasteiger partial charge in [0, 0.05) is 12.3 Å². The molecule has 0 saturated carbocycles. The predicted octanol–water partition coefficient (Wildman–Crippen LogP) is 6.35. The first-order valence-corrected chi connectivity index (χ1v) is 12.2. The number of halogens is 1. The van der Waals surface area contributed by atoms with Crippen LogP contribution in [0, 0.1) is 11.7 Å². The molecule has 34 heavy (non-hydrogen) atoms. The zero-order valence-corrected chi connectivity index (χ0v) is 19.3. The lowest BCUT2D eigenvalue weighted by atomic mass is 9.87. The lowest BCUT2D eigenvalue weighted by Crippen LogP contribution is -2.35. The summed E-state index contributed by atoms with van der Waals surface area (Å²) in [5, 5.41) is 4.00. The van der Waals surface area contributed by atoms with Gasteiger partial charge in [0.25, 0.3) is 0 Å². The van der Waals surface area contributed by atoms with Gasteiger partial charge in [-0.2, -0.15) is 4.98 Å². The quantitative estimate of drug-likeness (QED) is 0.310. The van der Waals surface area contributed by atoms with Crippen molar-refractivity contribution in [2.24, 2.45) is 5.92 Å². The minimum atomic E-state index is -0.326. The van der Waals surface area contributed by atoms with E-state index in [0.29, 0.717) is 29.1 Å². The summed E-state index contributed by atoms with van der Waals surface area (Å²) in [6, 6.07) is 28.2. The topological polar surface area (TPSA) is 42.2 Å². The molecular weight excluding hydrogens is 425 g/mol. The molecule has 0 atom stereocenters. The summed E-state index contributed by atoms with van der Waals surface area (Å²) in [7, 11) is 0. The fourth-order valence-corrected chi connectivity index (χ4v) is 4.96. The molecule has 1 aliphatic heterocycles. The molecule has 4 nitrogen and oxygen atoms in total. The lowest BCUT2D eigenvalue weighted by molar-refractivity contribution is 0.174. The van der Waals surface area contributed by atoms with E-state index in [-0.39, 0.29) is 5.82 Å². The molecule has 0 unspecified atom stereocenters. The van der Waals surface area contributed by atoms with Gasteiger partial charge in [-0.15, -0.1) is 0 Å². The van der Waals surface area contributed by atoms with Gasteiger partial charge in [0.05, 0.1) is 5.56 Å². The molecule has 1 aliphatic rings. The van der Waals surface area contributed by atoms with Crippen molar-refractivity contribution < 1.29 is 8.91 Å². The van der Waals surface area contributed by atoms with E-state index in [0.717, 1.165) is 45.3 Å². The van der Waals surface area contributed by atoms with E-state index in [1.807, 2.05) is 0 Å². The van der Waals surface area contributed by atoms with Crippen molar-refractivity contribution in [2.75, 3.05) is 19.6 Å². The number of aromatic nitrogens is 2. The van der Waals surface area contributed by atoms with E-state index in [2.05, 4.69) is 75.7 Å². The van der Waals surface area contributed by atoms with Crippen LogP contribution in [0.4, 0.5) is 4.39 Å². The van der Waals surface area contributed by atoms with Gasteiger partial charge in [-0.1, -0.05) is 78.0 Å². The van der Waals surface area contributed by atoms with Crippen molar-refractivity contribution in [1.82, 2.24) is 15.0 Å².